The molecule has 1 unspecified atom stereocenters. The highest BCUT2D eigenvalue weighted by Crippen LogP contribution is 2.30. The van der Waals surface area contributed by atoms with Crippen LogP contribution in [0.4, 0.5) is 0 Å². The molecule has 0 saturated carbocycles. The van der Waals surface area contributed by atoms with Crippen LogP contribution < -0.4 is 5.32 Å². The number of rotatable bonds is 7. The van der Waals surface area contributed by atoms with Crippen LogP contribution in [0.5, 0.6) is 0 Å². The first-order chi connectivity index (χ1) is 12.6. The van der Waals surface area contributed by atoms with E-state index >= 15 is 0 Å². The first kappa shape index (κ1) is 19.3. The van der Waals surface area contributed by atoms with Crippen molar-refractivity contribution in [3.05, 3.63) is 40.4 Å². The van der Waals surface area contributed by atoms with Crippen LogP contribution in [0.2, 0.25) is 5.02 Å². The van der Waals surface area contributed by atoms with Crippen molar-refractivity contribution in [2.45, 2.75) is 45.1 Å². The molecule has 6 heteroatoms. The van der Waals surface area contributed by atoms with Crippen LogP contribution in [-0.2, 0) is 11.2 Å². The van der Waals surface area contributed by atoms with Crippen LogP contribution in [-0.4, -0.2) is 41.5 Å². The van der Waals surface area contributed by atoms with Gasteiger partial charge in [0.2, 0.25) is 5.91 Å². The quantitative estimate of drug-likeness (QED) is 0.712. The highest BCUT2D eigenvalue weighted by Gasteiger charge is 2.17. The zero-order valence-electron chi connectivity index (χ0n) is 15.2. The zero-order valence-corrected chi connectivity index (χ0v) is 16.8. The predicted molar refractivity (Wildman–Crippen MR) is 109 cm³/mol. The molecule has 26 heavy (non-hydrogen) atoms. The summed E-state index contributed by atoms with van der Waals surface area (Å²) in [5.74, 6) is 0.0349. The van der Waals surface area contributed by atoms with Crippen molar-refractivity contribution in [1.82, 2.24) is 15.2 Å². The fourth-order valence-electron chi connectivity index (χ4n) is 3.37. The highest BCUT2D eigenvalue weighted by atomic mass is 35.5. The summed E-state index contributed by atoms with van der Waals surface area (Å²) in [5, 5.41) is 6.50. The monoisotopic (exact) mass is 391 g/mol. The summed E-state index contributed by atoms with van der Waals surface area (Å²) in [6, 6.07) is 8.33. The second-order valence-electron chi connectivity index (χ2n) is 6.88. The van der Waals surface area contributed by atoms with Gasteiger partial charge in [0.1, 0.15) is 5.01 Å². The summed E-state index contributed by atoms with van der Waals surface area (Å²) in [4.78, 5) is 19.2. The molecule has 1 atom stereocenters. The standard InChI is InChI=1S/C20H26ClN3OS/c1-15-7-4-5-11-24(15)12-6-10-22-19(25)13-16-14-26-20(23-16)17-8-2-3-9-18(17)21/h2-3,8-9,14-15H,4-7,10-13H2,1H3,(H,22,25). The van der Waals surface area contributed by atoms with Crippen molar-refractivity contribution >= 4 is 28.8 Å². The largest absolute Gasteiger partial charge is 0.356 e. The number of piperidine rings is 1. The third-order valence-electron chi connectivity index (χ3n) is 4.88. The van der Waals surface area contributed by atoms with Gasteiger partial charge in [0.15, 0.2) is 0 Å². The molecule has 0 aliphatic carbocycles. The lowest BCUT2D eigenvalue weighted by molar-refractivity contribution is -0.120. The average molecular weight is 392 g/mol. The van der Waals surface area contributed by atoms with Crippen LogP contribution in [0.15, 0.2) is 29.6 Å². The summed E-state index contributed by atoms with van der Waals surface area (Å²) in [6.45, 7) is 5.29. The van der Waals surface area contributed by atoms with Crippen molar-refractivity contribution in [3.8, 4) is 10.6 Å². The first-order valence-corrected chi connectivity index (χ1v) is 10.6. The van der Waals surface area contributed by atoms with E-state index in [4.69, 9.17) is 11.6 Å². The van der Waals surface area contributed by atoms with Gasteiger partial charge < -0.3 is 10.2 Å². The van der Waals surface area contributed by atoms with Crippen LogP contribution in [0, 0.1) is 0 Å². The van der Waals surface area contributed by atoms with Crippen molar-refractivity contribution in [1.29, 1.82) is 0 Å². The van der Waals surface area contributed by atoms with Gasteiger partial charge in [-0.3, -0.25) is 4.79 Å². The third kappa shape index (κ3) is 5.29. The number of benzene rings is 1. The van der Waals surface area contributed by atoms with Crippen LogP contribution in [0.25, 0.3) is 10.6 Å². The summed E-state index contributed by atoms with van der Waals surface area (Å²) in [6.07, 6.45) is 5.26. The minimum absolute atomic E-state index is 0.0349. The van der Waals surface area contributed by atoms with Crippen molar-refractivity contribution in [3.63, 3.8) is 0 Å². The second kappa shape index (κ2) is 9.49. The van der Waals surface area contributed by atoms with Gasteiger partial charge in [-0.2, -0.15) is 0 Å². The molecule has 3 rings (SSSR count). The molecule has 1 amide bonds. The zero-order chi connectivity index (χ0) is 18.4. The smallest absolute Gasteiger partial charge is 0.226 e. The second-order valence-corrected chi connectivity index (χ2v) is 8.15. The maximum Gasteiger partial charge on any atom is 0.226 e. The maximum absolute atomic E-state index is 12.2. The number of nitrogens with zero attached hydrogens (tertiary/aromatic N) is 2. The molecule has 1 fully saturated rings. The van der Waals surface area contributed by atoms with E-state index in [0.29, 0.717) is 17.5 Å². The number of likely N-dealkylation sites (tertiary alicyclic amines) is 1. The molecule has 0 radical (unpaired) electrons. The van der Waals surface area contributed by atoms with Gasteiger partial charge in [-0.25, -0.2) is 4.98 Å². The Kier molecular flexibility index (Phi) is 7.06. The van der Waals surface area contributed by atoms with Gasteiger partial charge in [0, 0.05) is 30.1 Å². The number of thiazole rings is 1. The molecule has 0 spiro atoms. The van der Waals surface area contributed by atoms with E-state index in [1.165, 1.54) is 37.1 Å². The molecule has 1 aliphatic rings. The Bertz CT molecular complexity index is 733. The lowest BCUT2D eigenvalue weighted by atomic mass is 10.0. The molecule has 1 aliphatic heterocycles. The summed E-state index contributed by atoms with van der Waals surface area (Å²) < 4.78 is 0. The fourth-order valence-corrected chi connectivity index (χ4v) is 4.51. The number of amides is 1. The predicted octanol–water partition coefficient (Wildman–Crippen LogP) is 4.39. The van der Waals surface area contributed by atoms with E-state index in [0.717, 1.165) is 35.8 Å². The lowest BCUT2D eigenvalue weighted by Crippen LogP contribution is -2.39. The van der Waals surface area contributed by atoms with Crippen LogP contribution >= 0.6 is 22.9 Å². The average Bonchev–Trinajstić information content (AvgIpc) is 3.08. The Labute approximate surface area is 164 Å². The van der Waals surface area contributed by atoms with Crippen LogP contribution in [0.1, 0.15) is 38.3 Å². The normalized spacial score (nSPS) is 18.0. The SMILES string of the molecule is CC1CCCCN1CCCNC(=O)Cc1csc(-c2ccccc2Cl)n1. The van der Waals surface area contributed by atoms with E-state index in [2.05, 4.69) is 22.1 Å². The maximum atomic E-state index is 12.2. The Morgan fingerprint density at radius 1 is 1.38 bits per heavy atom. The van der Waals surface area contributed by atoms with Crippen molar-refractivity contribution < 1.29 is 4.79 Å². The van der Waals surface area contributed by atoms with Crippen molar-refractivity contribution in [2.75, 3.05) is 19.6 Å². The molecular formula is C20H26ClN3OS. The minimum Gasteiger partial charge on any atom is -0.356 e. The fraction of sp³-hybridized carbons (Fsp3) is 0.500. The molecule has 1 saturated heterocycles. The van der Waals surface area contributed by atoms with E-state index in [1.807, 2.05) is 29.6 Å². The van der Waals surface area contributed by atoms with E-state index in [-0.39, 0.29) is 5.91 Å². The third-order valence-corrected chi connectivity index (χ3v) is 6.14. The Morgan fingerprint density at radius 2 is 2.23 bits per heavy atom. The van der Waals surface area contributed by atoms with Crippen LogP contribution in [0.3, 0.4) is 0 Å². The number of halogens is 1. The van der Waals surface area contributed by atoms with E-state index in [9.17, 15) is 4.79 Å². The Hall–Kier alpha value is -1.43. The first-order valence-electron chi connectivity index (χ1n) is 9.33. The molecule has 2 heterocycles. The highest BCUT2D eigenvalue weighted by molar-refractivity contribution is 7.13. The summed E-state index contributed by atoms with van der Waals surface area (Å²) in [7, 11) is 0. The summed E-state index contributed by atoms with van der Waals surface area (Å²) in [5.41, 5.74) is 1.72. The number of aromatic nitrogens is 1. The Balaban J connectivity index is 1.42. The number of carbonyl (C=O) groups excluding carboxylic acids is 1. The van der Waals surface area contributed by atoms with Gasteiger partial charge in [-0.1, -0.05) is 36.2 Å². The molecule has 1 aromatic carbocycles. The summed E-state index contributed by atoms with van der Waals surface area (Å²) >= 11 is 7.74. The van der Waals surface area contributed by atoms with Gasteiger partial charge in [-0.15, -0.1) is 11.3 Å². The molecule has 1 aromatic heterocycles. The van der Waals surface area contributed by atoms with Gasteiger partial charge in [0.25, 0.3) is 0 Å². The molecule has 2 aromatic rings. The molecular weight excluding hydrogens is 366 g/mol. The van der Waals surface area contributed by atoms with E-state index in [1.54, 1.807) is 0 Å². The van der Waals surface area contributed by atoms with Gasteiger partial charge in [-0.05, 0) is 38.8 Å². The van der Waals surface area contributed by atoms with Crippen molar-refractivity contribution in [2.24, 2.45) is 0 Å². The molecule has 4 nitrogen and oxygen atoms in total. The molecule has 140 valence electrons. The number of carbonyl (C=O) groups is 1. The number of hydrogen-bond acceptors (Lipinski definition) is 4. The number of nitrogens with one attached hydrogen (secondary N) is 1. The topological polar surface area (TPSA) is 45.2 Å². The lowest BCUT2D eigenvalue weighted by Gasteiger charge is -2.33. The van der Waals surface area contributed by atoms with E-state index < -0.39 is 0 Å². The molecule has 0 bridgehead atoms. The van der Waals surface area contributed by atoms with Gasteiger partial charge >= 0.3 is 0 Å². The number of hydrogen-bond donors (Lipinski definition) is 1. The molecule has 1 N–H and O–H groups in total. The minimum atomic E-state index is 0.0349. The Morgan fingerprint density at radius 3 is 3.04 bits per heavy atom. The van der Waals surface area contributed by atoms with Gasteiger partial charge in [0.05, 0.1) is 17.1 Å².